The number of aliphatic hydroxyl groups excluding tert-OH is 1. The van der Waals surface area contributed by atoms with E-state index in [2.05, 4.69) is 19.9 Å². The molecule has 0 aromatic heterocycles. The van der Waals surface area contributed by atoms with Crippen molar-refractivity contribution in [3.05, 3.63) is 11.8 Å². The highest BCUT2D eigenvalue weighted by Gasteiger charge is 2.68. The van der Waals surface area contributed by atoms with Gasteiger partial charge in [-0.3, -0.25) is 4.79 Å². The topological polar surface area (TPSA) is 59.0 Å². The van der Waals surface area contributed by atoms with E-state index in [0.29, 0.717) is 31.5 Å². The number of hydrogen-bond donors (Lipinski definition) is 1. The smallest absolute Gasteiger partial charge is 0.226 e. The number of hydrogen-bond acceptors (Lipinski definition) is 4. The van der Waals surface area contributed by atoms with Gasteiger partial charge in [0.15, 0.2) is 5.79 Å². The average Bonchev–Trinajstić information content (AvgIpc) is 3.18. The molecule has 0 radical (unpaired) electrons. The highest BCUT2D eigenvalue weighted by atomic mass is 16.7. The zero-order valence-electron chi connectivity index (χ0n) is 16.2. The van der Waals surface area contributed by atoms with Crippen molar-refractivity contribution >= 4 is 5.91 Å². The van der Waals surface area contributed by atoms with Crippen LogP contribution in [0.3, 0.4) is 0 Å². The van der Waals surface area contributed by atoms with E-state index in [1.165, 1.54) is 0 Å². The highest BCUT2D eigenvalue weighted by Crippen LogP contribution is 2.68. The van der Waals surface area contributed by atoms with Gasteiger partial charge in [-0.25, -0.2) is 0 Å². The van der Waals surface area contributed by atoms with Crippen molar-refractivity contribution in [3.8, 4) is 0 Å². The van der Waals surface area contributed by atoms with Crippen molar-refractivity contribution in [3.63, 3.8) is 0 Å². The van der Waals surface area contributed by atoms with E-state index in [0.717, 1.165) is 37.8 Å². The zero-order valence-corrected chi connectivity index (χ0v) is 16.2. The van der Waals surface area contributed by atoms with E-state index < -0.39 is 5.79 Å². The predicted octanol–water partition coefficient (Wildman–Crippen LogP) is 2.69. The molecule has 1 N–H and O–H groups in total. The van der Waals surface area contributed by atoms with Gasteiger partial charge in [0, 0.05) is 36.4 Å². The lowest BCUT2D eigenvalue weighted by Crippen LogP contribution is -2.61. The van der Waals surface area contributed by atoms with Crippen molar-refractivity contribution in [1.29, 1.82) is 0 Å². The van der Waals surface area contributed by atoms with Crippen LogP contribution in [0.2, 0.25) is 0 Å². The Kier molecular flexibility index (Phi) is 3.53. The Morgan fingerprint density at radius 2 is 1.96 bits per heavy atom. The van der Waals surface area contributed by atoms with Crippen LogP contribution in [0.15, 0.2) is 11.8 Å². The Hall–Kier alpha value is -0.910. The van der Waals surface area contributed by atoms with Gasteiger partial charge in [0.2, 0.25) is 5.91 Å². The van der Waals surface area contributed by atoms with Crippen molar-refractivity contribution < 1.29 is 19.4 Å². The molecule has 5 rings (SSSR count). The Bertz CT molecular complexity index is 669. The normalized spacial score (nSPS) is 49.6. The summed E-state index contributed by atoms with van der Waals surface area (Å²) < 4.78 is 12.3. The van der Waals surface area contributed by atoms with Gasteiger partial charge in [0.05, 0.1) is 19.3 Å². The Morgan fingerprint density at radius 3 is 2.69 bits per heavy atom. The number of amides is 1. The first kappa shape index (κ1) is 17.2. The molecule has 0 aromatic carbocycles. The molecule has 2 saturated carbocycles. The summed E-state index contributed by atoms with van der Waals surface area (Å²) in [6, 6.07) is 0. The summed E-state index contributed by atoms with van der Waals surface area (Å²) in [6.07, 6.45) is 7.08. The van der Waals surface area contributed by atoms with Gasteiger partial charge in [-0.15, -0.1) is 0 Å². The third-order valence-electron chi connectivity index (χ3n) is 8.75. The summed E-state index contributed by atoms with van der Waals surface area (Å²) in [5.41, 5.74) is 0.903. The van der Waals surface area contributed by atoms with E-state index in [4.69, 9.17) is 9.47 Å². The van der Waals surface area contributed by atoms with Gasteiger partial charge < -0.3 is 19.5 Å². The molecule has 1 spiro atoms. The first-order valence-electron chi connectivity index (χ1n) is 10.3. The number of ether oxygens (including phenoxy) is 2. The number of carbonyl (C=O) groups is 1. The number of aliphatic hydroxyl groups is 1. The van der Waals surface area contributed by atoms with Gasteiger partial charge in [-0.05, 0) is 43.4 Å². The lowest BCUT2D eigenvalue weighted by atomic mass is 9.48. The van der Waals surface area contributed by atoms with Gasteiger partial charge in [0.25, 0.3) is 0 Å². The molecular weight excluding hydrogens is 330 g/mol. The number of carbonyl (C=O) groups excluding carboxylic acids is 1. The minimum absolute atomic E-state index is 0.112. The third kappa shape index (κ3) is 1.90. The fraction of sp³-hybridized carbons (Fsp3) is 0.857. The third-order valence-corrected chi connectivity index (χ3v) is 8.75. The van der Waals surface area contributed by atoms with Crippen LogP contribution in [0.4, 0.5) is 0 Å². The lowest BCUT2D eigenvalue weighted by Gasteiger charge is -2.60. The minimum Gasteiger partial charge on any atom is -0.393 e. The number of fused-ring (bicyclic) bond motifs is 6. The number of likely N-dealkylation sites (tertiary alicyclic amines) is 1. The first-order chi connectivity index (χ1) is 12.3. The molecule has 144 valence electrons. The maximum Gasteiger partial charge on any atom is 0.226 e. The van der Waals surface area contributed by atoms with Crippen LogP contribution in [-0.4, -0.2) is 48.1 Å². The molecule has 0 aromatic rings. The fourth-order valence-electron chi connectivity index (χ4n) is 7.59. The molecule has 6 atom stereocenters. The number of rotatable bonds is 0. The molecule has 0 unspecified atom stereocenters. The predicted molar refractivity (Wildman–Crippen MR) is 95.9 cm³/mol. The van der Waals surface area contributed by atoms with Crippen molar-refractivity contribution in [1.82, 2.24) is 4.90 Å². The van der Waals surface area contributed by atoms with E-state index >= 15 is 0 Å². The second-order valence-corrected chi connectivity index (χ2v) is 9.67. The van der Waals surface area contributed by atoms with Gasteiger partial charge in [-0.2, -0.15) is 0 Å². The quantitative estimate of drug-likeness (QED) is 0.721. The van der Waals surface area contributed by atoms with Crippen LogP contribution in [0.1, 0.15) is 52.4 Å². The summed E-state index contributed by atoms with van der Waals surface area (Å²) in [6.45, 7) is 5.90. The zero-order chi connectivity index (χ0) is 18.3. The summed E-state index contributed by atoms with van der Waals surface area (Å²) in [5.74, 6) is 0.869. The largest absolute Gasteiger partial charge is 0.393 e. The van der Waals surface area contributed by atoms with Gasteiger partial charge in [-0.1, -0.05) is 19.9 Å². The maximum atomic E-state index is 12.2. The molecular formula is C21H31NO4. The van der Waals surface area contributed by atoms with Crippen LogP contribution < -0.4 is 0 Å². The summed E-state index contributed by atoms with van der Waals surface area (Å²) in [5, 5.41) is 11.4. The van der Waals surface area contributed by atoms with Gasteiger partial charge in [0.1, 0.15) is 0 Å². The lowest BCUT2D eigenvalue weighted by molar-refractivity contribution is -0.256. The van der Waals surface area contributed by atoms with Crippen LogP contribution in [0.5, 0.6) is 0 Å². The Balaban J connectivity index is 1.55. The molecule has 5 aliphatic rings. The number of nitrogens with zero attached hydrogens (tertiary/aromatic N) is 1. The molecule has 2 saturated heterocycles. The Labute approximate surface area is 155 Å². The van der Waals surface area contributed by atoms with Gasteiger partial charge >= 0.3 is 0 Å². The number of piperidine rings is 1. The van der Waals surface area contributed by atoms with E-state index in [1.54, 1.807) is 0 Å². The summed E-state index contributed by atoms with van der Waals surface area (Å²) in [4.78, 5) is 14.1. The van der Waals surface area contributed by atoms with E-state index in [9.17, 15) is 9.90 Å². The molecule has 5 heteroatoms. The van der Waals surface area contributed by atoms with Crippen LogP contribution in [0.25, 0.3) is 0 Å². The monoisotopic (exact) mass is 361 g/mol. The minimum atomic E-state index is -0.492. The fourth-order valence-corrected chi connectivity index (χ4v) is 7.59. The molecule has 1 amide bonds. The van der Waals surface area contributed by atoms with E-state index in [-0.39, 0.29) is 28.8 Å². The van der Waals surface area contributed by atoms with Crippen LogP contribution in [0, 0.1) is 28.6 Å². The molecule has 5 nitrogen and oxygen atoms in total. The van der Waals surface area contributed by atoms with Crippen molar-refractivity contribution in [2.45, 2.75) is 64.3 Å². The Morgan fingerprint density at radius 1 is 1.23 bits per heavy atom. The standard InChI is InChI=1S/C21H31NO4/c1-19-8-7-17(24)22(3)16(19)5-4-13-14-6-9-21(25-10-11-26-21)20(14,2)12-15(23)18(13)19/h5,13-15,18,23H,4,6-12H2,1-3H3/t13-,14-,15-,18+,19-,20-/m0/s1. The summed E-state index contributed by atoms with van der Waals surface area (Å²) >= 11 is 0. The average molecular weight is 361 g/mol. The molecule has 3 aliphatic carbocycles. The molecule has 2 aliphatic heterocycles. The maximum absolute atomic E-state index is 12.2. The molecule has 2 heterocycles. The summed E-state index contributed by atoms with van der Waals surface area (Å²) in [7, 11) is 1.90. The highest BCUT2D eigenvalue weighted by molar-refractivity contribution is 5.79. The number of allylic oxidation sites excluding steroid dienone is 2. The van der Waals surface area contributed by atoms with E-state index in [1.807, 2.05) is 11.9 Å². The molecule has 26 heavy (non-hydrogen) atoms. The van der Waals surface area contributed by atoms with Crippen LogP contribution >= 0.6 is 0 Å². The molecule has 4 fully saturated rings. The SMILES string of the molecule is CN1C(=O)CC[C@@]2(C)C1=CC[C@@H]1[C@@H]2[C@@H](O)C[C@@]2(C)[C@H]1CCC21OCCO1. The first-order valence-corrected chi connectivity index (χ1v) is 10.3. The molecule has 0 bridgehead atoms. The second-order valence-electron chi connectivity index (χ2n) is 9.67. The second kappa shape index (κ2) is 5.33. The van der Waals surface area contributed by atoms with Crippen LogP contribution in [-0.2, 0) is 14.3 Å². The van der Waals surface area contributed by atoms with Crippen molar-refractivity contribution in [2.75, 3.05) is 20.3 Å². The van der Waals surface area contributed by atoms with Crippen molar-refractivity contribution in [2.24, 2.45) is 28.6 Å².